The van der Waals surface area contributed by atoms with Gasteiger partial charge >= 0.3 is 0 Å². The molecule has 0 fully saturated rings. The minimum absolute atomic E-state index is 0.000355. The molecule has 236 valence electrons. The number of carbonyl (C=O) groups is 2. The highest BCUT2D eigenvalue weighted by atomic mass is 16.5. The number of hydrogen-bond donors (Lipinski definition) is 3. The number of nitrogen functional groups attached to an aromatic ring is 1. The molecule has 1 atom stereocenters. The van der Waals surface area contributed by atoms with Crippen molar-refractivity contribution in [1.29, 1.82) is 0 Å². The van der Waals surface area contributed by atoms with E-state index >= 15 is 0 Å². The molecule has 4 N–H and O–H groups in total. The molecule has 0 aliphatic rings. The minimum atomic E-state index is -0.261. The van der Waals surface area contributed by atoms with Gasteiger partial charge in [-0.25, -0.2) is 4.98 Å². The number of methoxy groups -OCH3 is 1. The second-order valence-electron chi connectivity index (χ2n) is 11.9. The monoisotopic (exact) mass is 600 g/mol. The lowest BCUT2D eigenvalue weighted by Crippen LogP contribution is -2.07. The van der Waals surface area contributed by atoms with Crippen molar-refractivity contribution in [3.8, 4) is 11.5 Å². The molecule has 3 aromatic rings. The molecule has 0 bridgehead atoms. The third-order valence-electron chi connectivity index (χ3n) is 7.92. The van der Waals surface area contributed by atoms with Gasteiger partial charge in [-0.1, -0.05) is 61.6 Å². The van der Waals surface area contributed by atoms with E-state index in [1.54, 1.807) is 24.4 Å². The molecule has 2 aromatic carbocycles. The first kappa shape index (κ1) is 34.5. The Morgan fingerprint density at radius 3 is 2.34 bits per heavy atom. The molecule has 0 spiro atoms. The number of aromatic hydroxyl groups is 1. The summed E-state index contributed by atoms with van der Waals surface area (Å²) >= 11 is 0. The third kappa shape index (κ3) is 10.9. The van der Waals surface area contributed by atoms with Crippen molar-refractivity contribution < 1.29 is 24.5 Å². The topological polar surface area (TPSA) is 123 Å². The van der Waals surface area contributed by atoms with Crippen LogP contribution in [-0.4, -0.2) is 40.5 Å². The predicted molar refractivity (Wildman–Crippen MR) is 177 cm³/mol. The van der Waals surface area contributed by atoms with Crippen LogP contribution >= 0.6 is 0 Å². The lowest BCUT2D eigenvalue weighted by Gasteiger charge is -2.14. The number of aryl methyl sites for hydroxylation is 2. The van der Waals surface area contributed by atoms with E-state index in [4.69, 9.17) is 15.6 Å². The Kier molecular flexibility index (Phi) is 13.6. The number of aliphatic hydroxyl groups excluding tert-OH is 1. The van der Waals surface area contributed by atoms with Gasteiger partial charge in [-0.05, 0) is 97.5 Å². The number of hydrogen-bond acceptors (Lipinski definition) is 7. The number of rotatable bonds is 18. The average Bonchev–Trinajstić information content (AvgIpc) is 2.96. The first-order chi connectivity index (χ1) is 21.1. The van der Waals surface area contributed by atoms with Crippen molar-refractivity contribution in [2.75, 3.05) is 19.5 Å². The van der Waals surface area contributed by atoms with Crippen LogP contribution < -0.4 is 10.5 Å². The number of aliphatic hydroxyl groups is 1. The van der Waals surface area contributed by atoms with Crippen LogP contribution in [0, 0.1) is 19.8 Å². The molecule has 0 amide bonds. The smallest absolute Gasteiger partial charge is 0.163 e. The number of allylic oxidation sites excluding steroid dienone is 1. The van der Waals surface area contributed by atoms with Crippen molar-refractivity contribution in [2.45, 2.75) is 85.0 Å². The summed E-state index contributed by atoms with van der Waals surface area (Å²) in [6.07, 6.45) is 11.8. The van der Waals surface area contributed by atoms with Gasteiger partial charge in [0.2, 0.25) is 0 Å². The Balaban J connectivity index is 1.70. The molecule has 7 nitrogen and oxygen atoms in total. The molecule has 44 heavy (non-hydrogen) atoms. The first-order valence-corrected chi connectivity index (χ1v) is 15.7. The van der Waals surface area contributed by atoms with Gasteiger partial charge < -0.3 is 20.7 Å². The fraction of sp³-hybridized carbons (Fsp3) is 0.432. The second-order valence-corrected chi connectivity index (χ2v) is 11.9. The van der Waals surface area contributed by atoms with Crippen molar-refractivity contribution >= 4 is 23.5 Å². The third-order valence-corrected chi connectivity index (χ3v) is 7.92. The van der Waals surface area contributed by atoms with Gasteiger partial charge in [0.25, 0.3) is 0 Å². The summed E-state index contributed by atoms with van der Waals surface area (Å²) in [5, 5.41) is 19.7. The van der Waals surface area contributed by atoms with Gasteiger partial charge in [0.05, 0.1) is 13.5 Å². The molecule has 0 unspecified atom stereocenters. The molecule has 7 heteroatoms. The Hall–Kier alpha value is -3.97. The summed E-state index contributed by atoms with van der Waals surface area (Å²) in [7, 11) is 1.48. The van der Waals surface area contributed by atoms with Crippen LogP contribution in [0.1, 0.15) is 97.2 Å². The van der Waals surface area contributed by atoms with E-state index in [1.165, 1.54) is 24.3 Å². The molecule has 0 radical (unpaired) electrons. The fourth-order valence-electron chi connectivity index (χ4n) is 5.85. The molecule has 0 aliphatic carbocycles. The van der Waals surface area contributed by atoms with E-state index in [0.717, 1.165) is 60.8 Å². The Bertz CT molecular complexity index is 1430. The molecular weight excluding hydrogens is 552 g/mol. The molecule has 0 saturated carbocycles. The molecule has 1 heterocycles. The van der Waals surface area contributed by atoms with Gasteiger partial charge in [-0.2, -0.15) is 0 Å². The number of pyridine rings is 1. The summed E-state index contributed by atoms with van der Waals surface area (Å²) in [5.74, 6) is 0.962. The molecular formula is C37H48N2O5. The maximum atomic E-state index is 12.7. The van der Waals surface area contributed by atoms with Gasteiger partial charge in [0.15, 0.2) is 17.3 Å². The van der Waals surface area contributed by atoms with Crippen LogP contribution in [0.4, 0.5) is 5.82 Å². The molecule has 3 rings (SSSR count). The SMILES string of the molecule is CCC[C@H](CCCO)CCCC(=O)CC(=O)C=Cc1cc(OC)c(O)cc1Cc1cnc(N)c(Cc2cc(C)cc(C)c2)c1. The zero-order chi connectivity index (χ0) is 32.1. The van der Waals surface area contributed by atoms with Crippen LogP contribution in [0.25, 0.3) is 6.08 Å². The number of aromatic nitrogens is 1. The van der Waals surface area contributed by atoms with Crippen molar-refractivity contribution in [1.82, 2.24) is 4.98 Å². The number of phenols is 1. The van der Waals surface area contributed by atoms with E-state index < -0.39 is 0 Å². The number of Topliss-reactive ketones (excluding diaryl/α,β-unsaturated/α-hetero) is 1. The van der Waals surface area contributed by atoms with Gasteiger partial charge in [0.1, 0.15) is 11.6 Å². The molecule has 0 aliphatic heterocycles. The van der Waals surface area contributed by atoms with Crippen LogP contribution in [0.5, 0.6) is 11.5 Å². The number of ether oxygens (including phenoxy) is 1. The zero-order valence-corrected chi connectivity index (χ0v) is 26.7. The van der Waals surface area contributed by atoms with E-state index in [-0.39, 0.29) is 30.3 Å². The Labute approximate surface area is 262 Å². The maximum Gasteiger partial charge on any atom is 0.163 e. The van der Waals surface area contributed by atoms with Crippen LogP contribution in [0.3, 0.4) is 0 Å². The fourth-order valence-corrected chi connectivity index (χ4v) is 5.85. The van der Waals surface area contributed by atoms with E-state index in [1.807, 2.05) is 6.07 Å². The number of anilines is 1. The number of ketones is 2. The quantitative estimate of drug-likeness (QED) is 0.105. The predicted octanol–water partition coefficient (Wildman–Crippen LogP) is 7.08. The van der Waals surface area contributed by atoms with Crippen molar-refractivity contribution in [3.05, 3.63) is 87.6 Å². The standard InChI is InChI=1S/C37H48N2O5/c1-5-8-27(10-7-14-40)9-6-11-33(41)23-34(42)13-12-30-22-36(44-4)35(43)21-31(30)19-29-20-32(37(38)39-24-29)18-28-16-25(2)15-26(3)17-28/h12-13,15-17,20-22,24,27,40,43H,5-11,14,18-19,23H2,1-4H3,(H2,38,39)/t27-/m0/s1. The van der Waals surface area contributed by atoms with E-state index in [9.17, 15) is 14.7 Å². The lowest BCUT2D eigenvalue weighted by molar-refractivity contribution is -0.124. The largest absolute Gasteiger partial charge is 0.504 e. The summed E-state index contributed by atoms with van der Waals surface area (Å²) in [5.41, 5.74) is 13.1. The van der Waals surface area contributed by atoms with Crippen molar-refractivity contribution in [2.24, 2.45) is 5.92 Å². The first-order valence-electron chi connectivity index (χ1n) is 15.7. The van der Waals surface area contributed by atoms with Gasteiger partial charge in [0, 0.05) is 25.6 Å². The highest BCUT2D eigenvalue weighted by molar-refractivity contribution is 6.06. The van der Waals surface area contributed by atoms with Crippen LogP contribution in [0.15, 0.2) is 48.7 Å². The summed E-state index contributed by atoms with van der Waals surface area (Å²) < 4.78 is 5.32. The summed E-state index contributed by atoms with van der Waals surface area (Å²) in [6, 6.07) is 11.8. The van der Waals surface area contributed by atoms with Gasteiger partial charge in [-0.15, -0.1) is 0 Å². The summed E-state index contributed by atoms with van der Waals surface area (Å²) in [4.78, 5) is 29.7. The second kappa shape index (κ2) is 17.4. The Morgan fingerprint density at radius 2 is 1.66 bits per heavy atom. The number of benzene rings is 2. The van der Waals surface area contributed by atoms with E-state index in [0.29, 0.717) is 42.3 Å². The van der Waals surface area contributed by atoms with Crippen LogP contribution in [0.2, 0.25) is 0 Å². The average molecular weight is 601 g/mol. The normalized spacial score (nSPS) is 12.0. The number of carbonyl (C=O) groups excluding carboxylic acids is 2. The molecule has 0 saturated heterocycles. The maximum absolute atomic E-state index is 12.7. The number of nitrogens with zero attached hydrogens (tertiary/aromatic N) is 1. The number of nitrogens with two attached hydrogens (primary N) is 1. The lowest BCUT2D eigenvalue weighted by atomic mass is 9.91. The van der Waals surface area contributed by atoms with E-state index in [2.05, 4.69) is 44.0 Å². The summed E-state index contributed by atoms with van der Waals surface area (Å²) in [6.45, 7) is 6.49. The zero-order valence-electron chi connectivity index (χ0n) is 26.7. The number of phenolic OH excluding ortho intramolecular Hbond substituents is 1. The van der Waals surface area contributed by atoms with Crippen molar-refractivity contribution in [3.63, 3.8) is 0 Å². The van der Waals surface area contributed by atoms with Gasteiger partial charge in [-0.3, -0.25) is 9.59 Å². The minimum Gasteiger partial charge on any atom is -0.504 e. The molecule has 1 aromatic heterocycles. The highest BCUT2D eigenvalue weighted by Gasteiger charge is 2.14. The highest BCUT2D eigenvalue weighted by Crippen LogP contribution is 2.32. The van der Waals surface area contributed by atoms with Crippen LogP contribution in [-0.2, 0) is 22.4 Å². The Morgan fingerprint density at radius 1 is 0.955 bits per heavy atom.